The van der Waals surface area contributed by atoms with Crippen LogP contribution in [0.4, 0.5) is 0 Å². The molecule has 0 aromatic heterocycles. The van der Waals surface area contributed by atoms with Gasteiger partial charge < -0.3 is 0 Å². The Balaban J connectivity index is 1.83. The predicted molar refractivity (Wildman–Crippen MR) is 116 cm³/mol. The molecule has 150 valence electrons. The quantitative estimate of drug-likeness (QED) is 0.370. The van der Waals surface area contributed by atoms with E-state index in [0.29, 0.717) is 17.0 Å². The number of unbranched alkanes of at least 4 members (excludes halogenated alkanes) is 8. The van der Waals surface area contributed by atoms with Crippen molar-refractivity contribution < 1.29 is 8.42 Å². The van der Waals surface area contributed by atoms with Crippen LogP contribution in [-0.2, 0) is 10.0 Å². The molecule has 27 heavy (non-hydrogen) atoms. The van der Waals surface area contributed by atoms with E-state index in [-0.39, 0.29) is 9.92 Å². The molecule has 2 aromatic carbocycles. The summed E-state index contributed by atoms with van der Waals surface area (Å²) in [4.78, 5) is 0.0452. The highest BCUT2D eigenvalue weighted by Crippen LogP contribution is 2.35. The summed E-state index contributed by atoms with van der Waals surface area (Å²) in [5.41, 5.74) is 0. The molecule has 0 heterocycles. The van der Waals surface area contributed by atoms with Crippen LogP contribution in [0.25, 0.3) is 10.8 Å². The molecule has 6 heteroatoms. The van der Waals surface area contributed by atoms with E-state index in [9.17, 15) is 8.42 Å². The summed E-state index contributed by atoms with van der Waals surface area (Å²) in [6.07, 6.45) is 10.7. The van der Waals surface area contributed by atoms with Gasteiger partial charge in [-0.05, 0) is 12.5 Å². The molecule has 0 bridgehead atoms. The molecule has 0 saturated carbocycles. The van der Waals surface area contributed by atoms with Crippen molar-refractivity contribution in [2.75, 3.05) is 6.54 Å². The van der Waals surface area contributed by atoms with Crippen LogP contribution in [0.1, 0.15) is 64.7 Å². The first-order valence-electron chi connectivity index (χ1n) is 9.83. The van der Waals surface area contributed by atoms with Crippen LogP contribution in [0.3, 0.4) is 0 Å². The zero-order valence-corrected chi connectivity index (χ0v) is 18.3. The highest BCUT2D eigenvalue weighted by atomic mass is 35.5. The smallest absolute Gasteiger partial charge is 0.211 e. The third-order valence-corrected chi connectivity index (χ3v) is 7.07. The highest BCUT2D eigenvalue weighted by Gasteiger charge is 2.20. The van der Waals surface area contributed by atoms with Crippen LogP contribution in [0, 0.1) is 0 Å². The van der Waals surface area contributed by atoms with Gasteiger partial charge in [0.25, 0.3) is 0 Å². The van der Waals surface area contributed by atoms with Crippen LogP contribution in [0.15, 0.2) is 35.2 Å². The van der Waals surface area contributed by atoms with Gasteiger partial charge in [0.2, 0.25) is 10.0 Å². The van der Waals surface area contributed by atoms with Gasteiger partial charge in [-0.3, -0.25) is 0 Å². The Labute approximate surface area is 173 Å². The van der Waals surface area contributed by atoms with Gasteiger partial charge in [-0.25, -0.2) is 13.1 Å². The van der Waals surface area contributed by atoms with Gasteiger partial charge in [0.15, 0.2) is 0 Å². The van der Waals surface area contributed by atoms with Crippen LogP contribution >= 0.6 is 23.2 Å². The van der Waals surface area contributed by atoms with E-state index in [0.717, 1.165) is 24.6 Å². The number of rotatable bonds is 12. The largest absolute Gasteiger partial charge is 0.242 e. The van der Waals surface area contributed by atoms with Gasteiger partial charge >= 0.3 is 0 Å². The SMILES string of the molecule is CCCCCCCCCCCNS(=O)(=O)c1cc(Cl)c2ccccc2c1Cl. The molecule has 0 aliphatic carbocycles. The molecule has 3 nitrogen and oxygen atoms in total. The Bertz CT molecular complexity index is 837. The number of hydrogen-bond acceptors (Lipinski definition) is 2. The van der Waals surface area contributed by atoms with Crippen molar-refractivity contribution in [2.24, 2.45) is 0 Å². The summed E-state index contributed by atoms with van der Waals surface area (Å²) in [6, 6.07) is 8.71. The molecule has 0 atom stereocenters. The van der Waals surface area contributed by atoms with Crippen LogP contribution in [0.2, 0.25) is 10.0 Å². The summed E-state index contributed by atoms with van der Waals surface area (Å²) in [5, 5.41) is 2.00. The fourth-order valence-corrected chi connectivity index (χ4v) is 5.24. The summed E-state index contributed by atoms with van der Waals surface area (Å²) < 4.78 is 27.9. The fraction of sp³-hybridized carbons (Fsp3) is 0.524. The van der Waals surface area contributed by atoms with Crippen molar-refractivity contribution in [3.8, 4) is 0 Å². The minimum atomic E-state index is -3.68. The lowest BCUT2D eigenvalue weighted by Gasteiger charge is -2.11. The summed E-state index contributed by atoms with van der Waals surface area (Å²) in [7, 11) is -3.68. The first-order valence-corrected chi connectivity index (χ1v) is 12.1. The monoisotopic (exact) mass is 429 g/mol. The maximum absolute atomic E-state index is 12.6. The maximum atomic E-state index is 12.6. The molecular formula is C21H29Cl2NO2S. The highest BCUT2D eigenvalue weighted by molar-refractivity contribution is 7.89. The number of hydrogen-bond donors (Lipinski definition) is 1. The molecule has 0 unspecified atom stereocenters. The summed E-state index contributed by atoms with van der Waals surface area (Å²) >= 11 is 12.6. The van der Waals surface area contributed by atoms with Gasteiger partial charge in [0.05, 0.1) is 5.02 Å². The van der Waals surface area contributed by atoms with Crippen molar-refractivity contribution in [3.05, 3.63) is 40.4 Å². The predicted octanol–water partition coefficient (Wildman–Crippen LogP) is 6.96. The van der Waals surface area contributed by atoms with Crippen LogP contribution in [-0.4, -0.2) is 15.0 Å². The number of sulfonamides is 1. The molecule has 0 saturated heterocycles. The van der Waals surface area contributed by atoms with Gasteiger partial charge in [-0.2, -0.15) is 0 Å². The third kappa shape index (κ3) is 6.63. The van der Waals surface area contributed by atoms with E-state index < -0.39 is 10.0 Å². The molecule has 2 rings (SSSR count). The topological polar surface area (TPSA) is 46.2 Å². The lowest BCUT2D eigenvalue weighted by atomic mass is 10.1. The van der Waals surface area contributed by atoms with Crippen molar-refractivity contribution in [2.45, 2.75) is 69.6 Å². The molecule has 0 radical (unpaired) electrons. The molecule has 0 aliphatic heterocycles. The first-order chi connectivity index (χ1) is 13.0. The first kappa shape index (κ1) is 22.5. The molecule has 0 aliphatic rings. The van der Waals surface area contributed by atoms with Gasteiger partial charge in [-0.1, -0.05) is 106 Å². The minimum absolute atomic E-state index is 0.0452. The fourth-order valence-electron chi connectivity index (χ4n) is 3.19. The van der Waals surface area contributed by atoms with Crippen LogP contribution in [0.5, 0.6) is 0 Å². The summed E-state index contributed by atoms with van der Waals surface area (Å²) in [6.45, 7) is 2.64. The average Bonchev–Trinajstić information content (AvgIpc) is 2.66. The van der Waals surface area contributed by atoms with Gasteiger partial charge in [-0.15, -0.1) is 0 Å². The van der Waals surface area contributed by atoms with Crippen molar-refractivity contribution in [1.29, 1.82) is 0 Å². The number of benzene rings is 2. The average molecular weight is 430 g/mol. The maximum Gasteiger partial charge on any atom is 0.242 e. The number of halogens is 2. The Hall–Kier alpha value is -0.810. The third-order valence-electron chi connectivity index (χ3n) is 4.76. The zero-order chi connectivity index (χ0) is 19.7. The molecule has 0 fully saturated rings. The standard InChI is InChI=1S/C21H29Cl2NO2S/c1-2-3-4-5-6-7-8-9-12-15-24-27(25,26)20-16-19(22)17-13-10-11-14-18(17)21(20)23/h10-11,13-14,16,24H,2-9,12,15H2,1H3. The number of fused-ring (bicyclic) bond motifs is 1. The molecular weight excluding hydrogens is 401 g/mol. The second-order valence-corrected chi connectivity index (χ2v) is 9.46. The Kier molecular flexibility index (Phi) is 9.37. The minimum Gasteiger partial charge on any atom is -0.211 e. The van der Waals surface area contributed by atoms with Crippen molar-refractivity contribution in [1.82, 2.24) is 4.72 Å². The lowest BCUT2D eigenvalue weighted by Crippen LogP contribution is -2.25. The van der Waals surface area contributed by atoms with E-state index in [4.69, 9.17) is 23.2 Å². The normalized spacial score (nSPS) is 12.0. The van der Waals surface area contributed by atoms with Gasteiger partial charge in [0.1, 0.15) is 4.90 Å². The van der Waals surface area contributed by atoms with E-state index in [1.54, 1.807) is 6.07 Å². The van der Waals surface area contributed by atoms with Crippen LogP contribution < -0.4 is 4.72 Å². The lowest BCUT2D eigenvalue weighted by molar-refractivity contribution is 0.554. The molecule has 1 N–H and O–H groups in total. The Morgan fingerprint density at radius 1 is 0.852 bits per heavy atom. The second kappa shape index (κ2) is 11.3. The Morgan fingerprint density at radius 3 is 2.04 bits per heavy atom. The zero-order valence-electron chi connectivity index (χ0n) is 15.9. The van der Waals surface area contributed by atoms with E-state index in [1.165, 1.54) is 44.6 Å². The molecule has 0 amide bonds. The van der Waals surface area contributed by atoms with Crippen molar-refractivity contribution >= 4 is 44.0 Å². The Morgan fingerprint density at radius 2 is 1.41 bits per heavy atom. The van der Waals surface area contributed by atoms with Gasteiger partial charge in [0, 0.05) is 22.3 Å². The molecule has 0 spiro atoms. The second-order valence-electron chi connectivity index (χ2n) is 6.94. The summed E-state index contributed by atoms with van der Waals surface area (Å²) in [5.74, 6) is 0. The number of nitrogens with one attached hydrogen (secondary N) is 1. The van der Waals surface area contributed by atoms with E-state index >= 15 is 0 Å². The van der Waals surface area contributed by atoms with E-state index in [1.807, 2.05) is 18.2 Å². The van der Waals surface area contributed by atoms with E-state index in [2.05, 4.69) is 11.6 Å². The van der Waals surface area contributed by atoms with Crippen molar-refractivity contribution in [3.63, 3.8) is 0 Å². The molecule has 2 aromatic rings.